The van der Waals surface area contributed by atoms with Crippen molar-refractivity contribution in [3.8, 4) is 0 Å². The fourth-order valence-electron chi connectivity index (χ4n) is 1.38. The molecular formula is C13H11ClN2O. The molecule has 17 heavy (non-hydrogen) atoms. The van der Waals surface area contributed by atoms with Gasteiger partial charge in [-0.1, -0.05) is 29.3 Å². The largest absolute Gasteiger partial charge is 0.322 e. The molecule has 0 aliphatic carbocycles. The van der Waals surface area contributed by atoms with E-state index in [4.69, 9.17) is 11.6 Å². The monoisotopic (exact) mass is 246 g/mol. The maximum atomic E-state index is 11.9. The van der Waals surface area contributed by atoms with Crippen molar-refractivity contribution in [1.82, 2.24) is 4.98 Å². The molecule has 0 bridgehead atoms. The number of nitrogens with one attached hydrogen (secondary N) is 1. The fraction of sp³-hybridized carbons (Fsp3) is 0.0769. The minimum absolute atomic E-state index is 0.257. The SMILES string of the molecule is Cc1ccc(NC(=O)c2cnccc2Cl)cc1. The fourth-order valence-corrected chi connectivity index (χ4v) is 1.57. The van der Waals surface area contributed by atoms with Gasteiger partial charge in [0.1, 0.15) is 0 Å². The molecule has 4 heteroatoms. The van der Waals surface area contributed by atoms with E-state index in [-0.39, 0.29) is 5.91 Å². The van der Waals surface area contributed by atoms with Crippen molar-refractivity contribution in [2.45, 2.75) is 6.92 Å². The normalized spacial score (nSPS) is 10.0. The summed E-state index contributed by atoms with van der Waals surface area (Å²) < 4.78 is 0. The number of aryl methyl sites for hydroxylation is 1. The number of hydrogen-bond acceptors (Lipinski definition) is 2. The van der Waals surface area contributed by atoms with Gasteiger partial charge in [0.25, 0.3) is 5.91 Å². The standard InChI is InChI=1S/C13H11ClN2O/c1-9-2-4-10(5-3-9)16-13(17)11-8-15-7-6-12(11)14/h2-8H,1H3,(H,16,17). The molecule has 0 aliphatic heterocycles. The Morgan fingerprint density at radius 3 is 2.59 bits per heavy atom. The van der Waals surface area contributed by atoms with Gasteiger partial charge in [-0.2, -0.15) is 0 Å². The minimum Gasteiger partial charge on any atom is -0.322 e. The first kappa shape index (κ1) is 11.6. The summed E-state index contributed by atoms with van der Waals surface area (Å²) in [6.07, 6.45) is 3.00. The molecule has 2 rings (SSSR count). The Hall–Kier alpha value is -1.87. The van der Waals surface area contributed by atoms with Crippen LogP contribution < -0.4 is 5.32 Å². The molecule has 0 saturated heterocycles. The molecular weight excluding hydrogens is 236 g/mol. The van der Waals surface area contributed by atoms with E-state index in [1.807, 2.05) is 31.2 Å². The number of hydrogen-bond donors (Lipinski definition) is 1. The van der Waals surface area contributed by atoms with Crippen LogP contribution in [0.15, 0.2) is 42.7 Å². The molecule has 0 unspecified atom stereocenters. The highest BCUT2D eigenvalue weighted by molar-refractivity contribution is 6.34. The molecule has 0 spiro atoms. The summed E-state index contributed by atoms with van der Waals surface area (Å²) in [4.78, 5) is 15.8. The highest BCUT2D eigenvalue weighted by Crippen LogP contribution is 2.16. The smallest absolute Gasteiger partial charge is 0.258 e. The van der Waals surface area contributed by atoms with Gasteiger partial charge in [-0.15, -0.1) is 0 Å². The van der Waals surface area contributed by atoms with Crippen LogP contribution in [0.4, 0.5) is 5.69 Å². The maximum Gasteiger partial charge on any atom is 0.258 e. The molecule has 1 heterocycles. The number of pyridine rings is 1. The van der Waals surface area contributed by atoms with Crippen molar-refractivity contribution < 1.29 is 4.79 Å². The van der Waals surface area contributed by atoms with Gasteiger partial charge in [0.05, 0.1) is 10.6 Å². The molecule has 0 atom stereocenters. The van der Waals surface area contributed by atoms with E-state index >= 15 is 0 Å². The molecule has 1 amide bonds. The molecule has 0 aliphatic rings. The third-order valence-corrected chi connectivity index (χ3v) is 2.65. The molecule has 1 aromatic heterocycles. The quantitative estimate of drug-likeness (QED) is 0.884. The van der Waals surface area contributed by atoms with Gasteiger partial charge in [-0.3, -0.25) is 9.78 Å². The van der Waals surface area contributed by atoms with E-state index in [0.29, 0.717) is 10.6 Å². The second kappa shape index (κ2) is 4.97. The topological polar surface area (TPSA) is 42.0 Å². The van der Waals surface area contributed by atoms with Crippen LogP contribution in [-0.4, -0.2) is 10.9 Å². The van der Waals surface area contributed by atoms with Crippen LogP contribution in [-0.2, 0) is 0 Å². The summed E-state index contributed by atoms with van der Waals surface area (Å²) in [6, 6.07) is 9.14. The van der Waals surface area contributed by atoms with Crippen LogP contribution in [0.25, 0.3) is 0 Å². The zero-order valence-corrected chi connectivity index (χ0v) is 10.0. The molecule has 0 fully saturated rings. The summed E-state index contributed by atoms with van der Waals surface area (Å²) >= 11 is 5.91. The first-order valence-electron chi connectivity index (χ1n) is 5.14. The van der Waals surface area contributed by atoms with E-state index in [1.165, 1.54) is 6.20 Å². The molecule has 0 saturated carbocycles. The maximum absolute atomic E-state index is 11.9. The van der Waals surface area contributed by atoms with Crippen molar-refractivity contribution in [3.63, 3.8) is 0 Å². The van der Waals surface area contributed by atoms with Gasteiger partial charge in [-0.25, -0.2) is 0 Å². The lowest BCUT2D eigenvalue weighted by Gasteiger charge is -2.06. The molecule has 2 aromatic rings. The summed E-state index contributed by atoms with van der Waals surface area (Å²) in [5.74, 6) is -0.257. The van der Waals surface area contributed by atoms with Crippen molar-refractivity contribution in [2.75, 3.05) is 5.32 Å². The van der Waals surface area contributed by atoms with Gasteiger partial charge < -0.3 is 5.32 Å². The number of anilines is 1. The Morgan fingerprint density at radius 2 is 1.94 bits per heavy atom. The van der Waals surface area contributed by atoms with Crippen molar-refractivity contribution >= 4 is 23.2 Å². The second-order valence-corrected chi connectivity index (χ2v) is 4.08. The summed E-state index contributed by atoms with van der Waals surface area (Å²) in [5, 5.41) is 3.16. The zero-order valence-electron chi connectivity index (χ0n) is 9.27. The Bertz CT molecular complexity index is 537. The average Bonchev–Trinajstić information content (AvgIpc) is 2.32. The molecule has 1 aromatic carbocycles. The Kier molecular flexibility index (Phi) is 3.40. The number of aromatic nitrogens is 1. The summed E-state index contributed by atoms with van der Waals surface area (Å²) in [7, 11) is 0. The van der Waals surface area contributed by atoms with Crippen molar-refractivity contribution in [3.05, 3.63) is 58.9 Å². The van der Waals surface area contributed by atoms with Crippen LogP contribution in [0.3, 0.4) is 0 Å². The van der Waals surface area contributed by atoms with Crippen LogP contribution >= 0.6 is 11.6 Å². The van der Waals surface area contributed by atoms with Crippen LogP contribution in [0.5, 0.6) is 0 Å². The lowest BCUT2D eigenvalue weighted by Crippen LogP contribution is -2.12. The number of carbonyl (C=O) groups is 1. The van der Waals surface area contributed by atoms with Crippen LogP contribution in [0, 0.1) is 6.92 Å². The highest BCUT2D eigenvalue weighted by atomic mass is 35.5. The minimum atomic E-state index is -0.257. The van der Waals surface area contributed by atoms with Crippen LogP contribution in [0.1, 0.15) is 15.9 Å². The second-order valence-electron chi connectivity index (χ2n) is 3.68. The van der Waals surface area contributed by atoms with E-state index in [9.17, 15) is 4.79 Å². The Morgan fingerprint density at radius 1 is 1.24 bits per heavy atom. The van der Waals surface area contributed by atoms with E-state index < -0.39 is 0 Å². The van der Waals surface area contributed by atoms with E-state index in [0.717, 1.165) is 11.3 Å². The predicted molar refractivity (Wildman–Crippen MR) is 68.4 cm³/mol. The van der Waals surface area contributed by atoms with Crippen molar-refractivity contribution in [1.29, 1.82) is 0 Å². The van der Waals surface area contributed by atoms with Gasteiger partial charge in [-0.05, 0) is 25.1 Å². The van der Waals surface area contributed by atoms with Gasteiger partial charge in [0.2, 0.25) is 0 Å². The first-order chi connectivity index (χ1) is 8.16. The highest BCUT2D eigenvalue weighted by Gasteiger charge is 2.09. The lowest BCUT2D eigenvalue weighted by molar-refractivity contribution is 0.102. The van der Waals surface area contributed by atoms with Crippen LogP contribution in [0.2, 0.25) is 5.02 Å². The third kappa shape index (κ3) is 2.82. The molecule has 3 nitrogen and oxygen atoms in total. The first-order valence-corrected chi connectivity index (χ1v) is 5.52. The van der Waals surface area contributed by atoms with Gasteiger partial charge in [0, 0.05) is 18.1 Å². The van der Waals surface area contributed by atoms with E-state index in [1.54, 1.807) is 12.3 Å². The number of rotatable bonds is 2. The number of carbonyl (C=O) groups excluding carboxylic acids is 1. The van der Waals surface area contributed by atoms with Crippen molar-refractivity contribution in [2.24, 2.45) is 0 Å². The lowest BCUT2D eigenvalue weighted by atomic mass is 10.2. The molecule has 0 radical (unpaired) electrons. The molecule has 86 valence electrons. The third-order valence-electron chi connectivity index (χ3n) is 2.32. The average molecular weight is 247 g/mol. The number of nitrogens with zero attached hydrogens (tertiary/aromatic N) is 1. The Labute approximate surface area is 104 Å². The Balaban J connectivity index is 2.17. The summed E-state index contributed by atoms with van der Waals surface area (Å²) in [6.45, 7) is 1.99. The summed E-state index contributed by atoms with van der Waals surface area (Å²) in [5.41, 5.74) is 2.25. The van der Waals surface area contributed by atoms with E-state index in [2.05, 4.69) is 10.3 Å². The number of benzene rings is 1. The van der Waals surface area contributed by atoms with Gasteiger partial charge in [0.15, 0.2) is 0 Å². The predicted octanol–water partition coefficient (Wildman–Crippen LogP) is 3.30. The zero-order chi connectivity index (χ0) is 12.3. The molecule has 1 N–H and O–H groups in total. The van der Waals surface area contributed by atoms with Gasteiger partial charge >= 0.3 is 0 Å². The number of amides is 1. The number of halogens is 1.